The van der Waals surface area contributed by atoms with Crippen molar-refractivity contribution >= 4 is 27.5 Å². The van der Waals surface area contributed by atoms with E-state index in [2.05, 4.69) is 20.3 Å². The summed E-state index contributed by atoms with van der Waals surface area (Å²) < 4.78 is 7.17. The molecule has 0 saturated heterocycles. The second kappa shape index (κ2) is 9.64. The number of rotatable bonds is 6. The fraction of sp³-hybridized carbons (Fsp3) is 0.143. The molecule has 1 amide bonds. The molecule has 0 aliphatic heterocycles. The number of nitrogens with one attached hydrogen (secondary N) is 1. The number of aromatic nitrogens is 3. The molecule has 0 spiro atoms. The van der Waals surface area contributed by atoms with Gasteiger partial charge in [-0.05, 0) is 74.4 Å². The number of benzene rings is 2. The van der Waals surface area contributed by atoms with Crippen molar-refractivity contribution in [2.75, 3.05) is 0 Å². The number of hydrogen-bond donors (Lipinski definition) is 1. The largest absolute Gasteiger partial charge is 0.431 e. The summed E-state index contributed by atoms with van der Waals surface area (Å²) in [5, 5.41) is 3.58. The van der Waals surface area contributed by atoms with Gasteiger partial charge in [0.2, 0.25) is 0 Å². The van der Waals surface area contributed by atoms with Crippen LogP contribution in [0.5, 0.6) is 10.9 Å². The van der Waals surface area contributed by atoms with Crippen molar-refractivity contribution < 1.29 is 9.53 Å². The van der Waals surface area contributed by atoms with Gasteiger partial charge in [-0.2, -0.15) is 0 Å². The summed E-state index contributed by atoms with van der Waals surface area (Å²) in [6.45, 7) is 5.86. The highest BCUT2D eigenvalue weighted by Crippen LogP contribution is 2.33. The van der Waals surface area contributed by atoms with Gasteiger partial charge in [0.25, 0.3) is 11.1 Å². The van der Waals surface area contributed by atoms with Crippen LogP contribution >= 0.6 is 11.3 Å². The van der Waals surface area contributed by atoms with Gasteiger partial charge in [-0.1, -0.05) is 35.6 Å². The minimum atomic E-state index is -0.207. The number of thiazole rings is 1. The molecule has 5 aromatic rings. The molecular formula is C28H24N4O2S. The van der Waals surface area contributed by atoms with Crippen LogP contribution in [-0.2, 0) is 0 Å². The van der Waals surface area contributed by atoms with Gasteiger partial charge in [-0.3, -0.25) is 14.8 Å². The maximum atomic E-state index is 13.3. The summed E-state index contributed by atoms with van der Waals surface area (Å²) in [7, 11) is 0. The lowest BCUT2D eigenvalue weighted by Gasteiger charge is -2.15. The monoisotopic (exact) mass is 480 g/mol. The number of carbonyl (C=O) groups excluding carboxylic acids is 1. The first-order valence-electron chi connectivity index (χ1n) is 11.3. The number of fused-ring (bicyclic) bond motifs is 1. The van der Waals surface area contributed by atoms with E-state index < -0.39 is 0 Å². The Morgan fingerprint density at radius 2 is 1.83 bits per heavy atom. The molecule has 0 saturated carbocycles. The van der Waals surface area contributed by atoms with Crippen LogP contribution in [0.1, 0.15) is 40.1 Å². The molecule has 6 nitrogen and oxygen atoms in total. The topological polar surface area (TPSA) is 77.0 Å². The molecular weight excluding hydrogens is 456 g/mol. The molecule has 0 fully saturated rings. The maximum absolute atomic E-state index is 13.3. The van der Waals surface area contributed by atoms with Crippen LogP contribution in [0.2, 0.25) is 0 Å². The lowest BCUT2D eigenvalue weighted by atomic mass is 10.0. The van der Waals surface area contributed by atoms with Gasteiger partial charge in [0.15, 0.2) is 0 Å². The predicted molar refractivity (Wildman–Crippen MR) is 139 cm³/mol. The van der Waals surface area contributed by atoms with E-state index in [1.807, 2.05) is 87.6 Å². The number of hydrogen-bond acceptors (Lipinski definition) is 6. The van der Waals surface area contributed by atoms with Gasteiger partial charge < -0.3 is 10.1 Å². The number of amides is 1. The average molecular weight is 481 g/mol. The molecule has 5 rings (SSSR count). The second-order valence-corrected chi connectivity index (χ2v) is 9.44. The van der Waals surface area contributed by atoms with Crippen molar-refractivity contribution in [3.05, 3.63) is 102 Å². The van der Waals surface area contributed by atoms with Gasteiger partial charge in [0.05, 0.1) is 22.0 Å². The fourth-order valence-corrected chi connectivity index (χ4v) is 4.50. The minimum Gasteiger partial charge on any atom is -0.431 e. The summed E-state index contributed by atoms with van der Waals surface area (Å²) >= 11 is 1.46. The SMILES string of the molecule is Cc1ccc(-c2cc(Oc3nc4ccccc4s3)cc(C(=O)N[C@H](C)c3ccc(C)nc3)c2)nc1. The third-order valence-electron chi connectivity index (χ3n) is 5.64. The van der Waals surface area contributed by atoms with Crippen molar-refractivity contribution in [3.63, 3.8) is 0 Å². The van der Waals surface area contributed by atoms with E-state index in [1.165, 1.54) is 11.3 Å². The summed E-state index contributed by atoms with van der Waals surface area (Å²) in [6, 6.07) is 21.0. The lowest BCUT2D eigenvalue weighted by molar-refractivity contribution is 0.0939. The highest BCUT2D eigenvalue weighted by molar-refractivity contribution is 7.20. The van der Waals surface area contributed by atoms with Crippen LogP contribution in [0.4, 0.5) is 0 Å². The summed E-state index contributed by atoms with van der Waals surface area (Å²) in [5.41, 5.74) is 5.84. The zero-order chi connectivity index (χ0) is 24.4. The Kier molecular flexibility index (Phi) is 6.25. The summed E-state index contributed by atoms with van der Waals surface area (Å²) in [6.07, 6.45) is 3.59. The summed E-state index contributed by atoms with van der Waals surface area (Å²) in [4.78, 5) is 26.7. The van der Waals surface area contributed by atoms with E-state index in [0.29, 0.717) is 16.5 Å². The van der Waals surface area contributed by atoms with Crippen molar-refractivity contribution in [2.24, 2.45) is 0 Å². The predicted octanol–water partition coefficient (Wildman–Crippen LogP) is 6.65. The molecule has 7 heteroatoms. The number of carbonyl (C=O) groups is 1. The molecule has 3 heterocycles. The summed E-state index contributed by atoms with van der Waals surface area (Å²) in [5.74, 6) is 0.319. The Morgan fingerprint density at radius 1 is 0.971 bits per heavy atom. The van der Waals surface area contributed by atoms with Crippen molar-refractivity contribution in [1.29, 1.82) is 0 Å². The molecule has 0 radical (unpaired) electrons. The quantitative estimate of drug-likeness (QED) is 0.294. The number of nitrogens with zero attached hydrogens (tertiary/aromatic N) is 3. The minimum absolute atomic E-state index is 0.203. The third kappa shape index (κ3) is 5.20. The first-order chi connectivity index (χ1) is 16.9. The number of ether oxygens (including phenoxy) is 1. The molecule has 1 N–H and O–H groups in total. The number of aryl methyl sites for hydroxylation is 2. The van der Waals surface area contributed by atoms with E-state index in [0.717, 1.165) is 38.3 Å². The Bertz CT molecular complexity index is 1460. The van der Waals surface area contributed by atoms with E-state index in [9.17, 15) is 4.79 Å². The molecule has 0 aliphatic rings. The van der Waals surface area contributed by atoms with Gasteiger partial charge in [0.1, 0.15) is 5.75 Å². The molecule has 3 aromatic heterocycles. The Labute approximate surface area is 207 Å². The molecule has 174 valence electrons. The van der Waals surface area contributed by atoms with Gasteiger partial charge >= 0.3 is 0 Å². The van der Waals surface area contributed by atoms with Gasteiger partial charge in [-0.15, -0.1) is 0 Å². The standard InChI is InChI=1S/C28H24N4O2S/c1-17-8-11-24(30-15-17)21-12-22(27(33)31-19(3)20-10-9-18(2)29-16-20)14-23(13-21)34-28-32-25-6-4-5-7-26(25)35-28/h4-16,19H,1-3H3,(H,31,33)/t19-/m1/s1. The van der Waals surface area contributed by atoms with E-state index >= 15 is 0 Å². The molecule has 0 aliphatic carbocycles. The van der Waals surface area contributed by atoms with Crippen molar-refractivity contribution in [1.82, 2.24) is 20.3 Å². The average Bonchev–Trinajstić information content (AvgIpc) is 3.27. The van der Waals surface area contributed by atoms with E-state index in [1.54, 1.807) is 12.3 Å². The zero-order valence-corrected chi connectivity index (χ0v) is 20.5. The van der Waals surface area contributed by atoms with Crippen LogP contribution in [0.25, 0.3) is 21.5 Å². The van der Waals surface area contributed by atoms with Crippen LogP contribution in [-0.4, -0.2) is 20.9 Å². The molecule has 1 atom stereocenters. The molecule has 2 aromatic carbocycles. The highest BCUT2D eigenvalue weighted by Gasteiger charge is 2.16. The van der Waals surface area contributed by atoms with Crippen molar-refractivity contribution in [2.45, 2.75) is 26.8 Å². The Morgan fingerprint density at radius 3 is 2.57 bits per heavy atom. The molecule has 0 bridgehead atoms. The highest BCUT2D eigenvalue weighted by atomic mass is 32.1. The third-order valence-corrected chi connectivity index (χ3v) is 6.55. The number of para-hydroxylation sites is 1. The first kappa shape index (κ1) is 22.7. The zero-order valence-electron chi connectivity index (χ0n) is 19.6. The normalized spacial score (nSPS) is 11.9. The second-order valence-electron chi connectivity index (χ2n) is 8.44. The van der Waals surface area contributed by atoms with Crippen LogP contribution in [0, 0.1) is 13.8 Å². The molecule has 0 unspecified atom stereocenters. The van der Waals surface area contributed by atoms with Crippen LogP contribution < -0.4 is 10.1 Å². The van der Waals surface area contributed by atoms with Crippen LogP contribution in [0.15, 0.2) is 79.1 Å². The van der Waals surface area contributed by atoms with Gasteiger partial charge in [0, 0.05) is 29.2 Å². The lowest BCUT2D eigenvalue weighted by Crippen LogP contribution is -2.26. The number of pyridine rings is 2. The Balaban J connectivity index is 1.47. The van der Waals surface area contributed by atoms with E-state index in [4.69, 9.17) is 4.74 Å². The fourth-order valence-electron chi connectivity index (χ4n) is 3.67. The van der Waals surface area contributed by atoms with Gasteiger partial charge in [-0.25, -0.2) is 4.98 Å². The molecule has 35 heavy (non-hydrogen) atoms. The first-order valence-corrected chi connectivity index (χ1v) is 12.1. The van der Waals surface area contributed by atoms with E-state index in [-0.39, 0.29) is 11.9 Å². The van der Waals surface area contributed by atoms with Crippen molar-refractivity contribution in [3.8, 4) is 22.2 Å². The smallest absolute Gasteiger partial charge is 0.279 e. The van der Waals surface area contributed by atoms with Crippen LogP contribution in [0.3, 0.4) is 0 Å². The Hall–Kier alpha value is -4.10. The maximum Gasteiger partial charge on any atom is 0.279 e.